The molecular weight excluding hydrogens is 304 g/mol. The van der Waals surface area contributed by atoms with Crippen molar-refractivity contribution in [1.29, 1.82) is 0 Å². The molecule has 1 aliphatic carbocycles. The Morgan fingerprint density at radius 1 is 1.38 bits per heavy atom. The highest BCUT2D eigenvalue weighted by Crippen LogP contribution is 2.28. The topological polar surface area (TPSA) is 59.4 Å². The summed E-state index contributed by atoms with van der Waals surface area (Å²) in [6.07, 6.45) is 2.32. The fourth-order valence-corrected chi connectivity index (χ4v) is 2.81. The number of amides is 1. The zero-order valence-corrected chi connectivity index (χ0v) is 14.5. The number of carbonyl (C=O) groups excluding carboxylic acids is 1. The number of benzene rings is 1. The van der Waals surface area contributed by atoms with Gasteiger partial charge in [-0.1, -0.05) is 12.1 Å². The quantitative estimate of drug-likeness (QED) is 0.847. The third-order valence-electron chi connectivity index (χ3n) is 4.22. The molecule has 1 saturated carbocycles. The van der Waals surface area contributed by atoms with Crippen LogP contribution in [0.1, 0.15) is 24.1 Å². The number of ether oxygens (including phenoxy) is 1. The number of aryl methyl sites for hydroxylation is 2. The largest absolute Gasteiger partial charge is 0.497 e. The van der Waals surface area contributed by atoms with Gasteiger partial charge in [-0.25, -0.2) is 0 Å². The van der Waals surface area contributed by atoms with E-state index in [9.17, 15) is 4.79 Å². The molecule has 0 atom stereocenters. The molecule has 1 fully saturated rings. The van der Waals surface area contributed by atoms with Crippen LogP contribution >= 0.6 is 0 Å². The van der Waals surface area contributed by atoms with Crippen molar-refractivity contribution < 1.29 is 9.53 Å². The number of nitrogens with one attached hydrogen (secondary N) is 1. The average Bonchev–Trinajstić information content (AvgIpc) is 3.34. The van der Waals surface area contributed by atoms with Gasteiger partial charge in [0.15, 0.2) is 0 Å². The van der Waals surface area contributed by atoms with Gasteiger partial charge in [0.05, 0.1) is 19.3 Å². The molecule has 0 bridgehead atoms. The summed E-state index contributed by atoms with van der Waals surface area (Å²) in [5, 5.41) is 7.20. The van der Waals surface area contributed by atoms with Crippen molar-refractivity contribution in [3.8, 4) is 5.75 Å². The predicted octanol–water partition coefficient (Wildman–Crippen LogP) is 2.34. The summed E-state index contributed by atoms with van der Waals surface area (Å²) in [4.78, 5) is 14.6. The van der Waals surface area contributed by atoms with Crippen molar-refractivity contribution in [3.63, 3.8) is 0 Å². The Kier molecular flexibility index (Phi) is 4.85. The lowest BCUT2D eigenvalue weighted by Gasteiger charge is -2.21. The highest BCUT2D eigenvalue weighted by Gasteiger charge is 2.30. The predicted molar refractivity (Wildman–Crippen MR) is 93.0 cm³/mol. The van der Waals surface area contributed by atoms with Gasteiger partial charge in [0.2, 0.25) is 5.91 Å². The normalized spacial score (nSPS) is 14.0. The van der Waals surface area contributed by atoms with E-state index in [1.54, 1.807) is 11.8 Å². The number of hydrogen-bond acceptors (Lipinski definition) is 4. The van der Waals surface area contributed by atoms with Gasteiger partial charge in [-0.3, -0.25) is 14.4 Å². The van der Waals surface area contributed by atoms with Gasteiger partial charge in [-0.05, 0) is 37.5 Å². The molecule has 128 valence electrons. The van der Waals surface area contributed by atoms with Crippen LogP contribution in [-0.2, 0) is 18.4 Å². The van der Waals surface area contributed by atoms with E-state index >= 15 is 0 Å². The molecule has 1 amide bonds. The Morgan fingerprint density at radius 2 is 2.08 bits per heavy atom. The van der Waals surface area contributed by atoms with Crippen molar-refractivity contribution in [2.75, 3.05) is 19.0 Å². The van der Waals surface area contributed by atoms with E-state index in [4.69, 9.17) is 4.74 Å². The molecule has 6 heteroatoms. The zero-order valence-electron chi connectivity index (χ0n) is 14.5. The summed E-state index contributed by atoms with van der Waals surface area (Å²) in [5.74, 6) is 1.58. The highest BCUT2D eigenvalue weighted by atomic mass is 16.5. The number of rotatable bonds is 7. The minimum absolute atomic E-state index is 0.00147. The molecule has 0 radical (unpaired) electrons. The fourth-order valence-electron chi connectivity index (χ4n) is 2.81. The van der Waals surface area contributed by atoms with Gasteiger partial charge in [-0.2, -0.15) is 5.10 Å². The van der Waals surface area contributed by atoms with Gasteiger partial charge in [0, 0.05) is 25.7 Å². The molecule has 1 N–H and O–H groups in total. The summed E-state index contributed by atoms with van der Waals surface area (Å²) in [5.41, 5.74) is 2.08. The number of nitrogens with zero attached hydrogens (tertiary/aromatic N) is 3. The SMILES string of the molecule is COc1ccc(CN(CC(=O)Nc2cc(C)nn2C)C2CC2)cc1. The first-order valence-electron chi connectivity index (χ1n) is 8.22. The number of carbonyl (C=O) groups is 1. The van der Waals surface area contributed by atoms with Crippen LogP contribution in [0.3, 0.4) is 0 Å². The molecule has 24 heavy (non-hydrogen) atoms. The molecule has 1 aliphatic rings. The Hall–Kier alpha value is -2.34. The Balaban J connectivity index is 1.61. The Bertz CT molecular complexity index is 704. The van der Waals surface area contributed by atoms with Crippen LogP contribution in [0.2, 0.25) is 0 Å². The molecule has 0 aliphatic heterocycles. The Morgan fingerprint density at radius 3 is 2.62 bits per heavy atom. The van der Waals surface area contributed by atoms with E-state index in [0.717, 1.165) is 36.6 Å². The van der Waals surface area contributed by atoms with E-state index in [-0.39, 0.29) is 5.91 Å². The van der Waals surface area contributed by atoms with Crippen LogP contribution in [0, 0.1) is 6.92 Å². The summed E-state index contributed by atoms with van der Waals surface area (Å²) in [7, 11) is 3.49. The third-order valence-corrected chi connectivity index (χ3v) is 4.22. The number of aromatic nitrogens is 2. The molecule has 0 spiro atoms. The van der Waals surface area contributed by atoms with Crippen LogP contribution in [0.15, 0.2) is 30.3 Å². The number of methoxy groups -OCH3 is 1. The monoisotopic (exact) mass is 328 g/mol. The molecule has 1 aromatic heterocycles. The van der Waals surface area contributed by atoms with Crippen LogP contribution in [0.25, 0.3) is 0 Å². The maximum Gasteiger partial charge on any atom is 0.239 e. The van der Waals surface area contributed by atoms with Crippen molar-refractivity contribution in [2.24, 2.45) is 7.05 Å². The lowest BCUT2D eigenvalue weighted by molar-refractivity contribution is -0.117. The van der Waals surface area contributed by atoms with Crippen LogP contribution in [0.5, 0.6) is 5.75 Å². The van der Waals surface area contributed by atoms with Crippen LogP contribution in [0.4, 0.5) is 5.82 Å². The first kappa shape index (κ1) is 16.5. The summed E-state index contributed by atoms with van der Waals surface area (Å²) in [6.45, 7) is 3.07. The van der Waals surface area contributed by atoms with Crippen molar-refractivity contribution in [2.45, 2.75) is 32.4 Å². The molecule has 6 nitrogen and oxygen atoms in total. The van der Waals surface area contributed by atoms with Crippen molar-refractivity contribution in [3.05, 3.63) is 41.6 Å². The van der Waals surface area contributed by atoms with Crippen molar-refractivity contribution in [1.82, 2.24) is 14.7 Å². The Labute approximate surface area is 142 Å². The first-order valence-corrected chi connectivity index (χ1v) is 8.22. The number of anilines is 1. The zero-order chi connectivity index (χ0) is 17.1. The van der Waals surface area contributed by atoms with E-state index in [1.807, 2.05) is 32.2 Å². The second kappa shape index (κ2) is 7.05. The van der Waals surface area contributed by atoms with Gasteiger partial charge in [0.25, 0.3) is 0 Å². The highest BCUT2D eigenvalue weighted by molar-refractivity contribution is 5.91. The molecule has 2 aromatic rings. The third kappa shape index (κ3) is 4.14. The van der Waals surface area contributed by atoms with E-state index in [1.165, 1.54) is 5.56 Å². The van der Waals surface area contributed by atoms with Gasteiger partial charge < -0.3 is 10.1 Å². The lowest BCUT2D eigenvalue weighted by Crippen LogP contribution is -2.34. The number of hydrogen-bond donors (Lipinski definition) is 1. The van der Waals surface area contributed by atoms with Crippen LogP contribution in [-0.4, -0.2) is 40.3 Å². The average molecular weight is 328 g/mol. The van der Waals surface area contributed by atoms with E-state index in [0.29, 0.717) is 12.6 Å². The molecular formula is C18H24N4O2. The van der Waals surface area contributed by atoms with Crippen LogP contribution < -0.4 is 10.1 Å². The molecule has 0 unspecified atom stereocenters. The van der Waals surface area contributed by atoms with Gasteiger partial charge in [0.1, 0.15) is 11.6 Å². The minimum atomic E-state index is -0.00147. The van der Waals surface area contributed by atoms with Crippen molar-refractivity contribution >= 4 is 11.7 Å². The molecule has 1 aromatic carbocycles. The fraction of sp³-hybridized carbons (Fsp3) is 0.444. The maximum atomic E-state index is 12.4. The van der Waals surface area contributed by atoms with E-state index in [2.05, 4.69) is 27.4 Å². The van der Waals surface area contributed by atoms with Gasteiger partial charge in [-0.15, -0.1) is 0 Å². The first-order chi connectivity index (χ1) is 11.5. The second-order valence-corrected chi connectivity index (χ2v) is 6.33. The standard InChI is InChI=1S/C18H24N4O2/c1-13-10-17(21(2)20-13)19-18(23)12-22(15-6-7-15)11-14-4-8-16(24-3)9-5-14/h4-5,8-10,15H,6-7,11-12H2,1-3H3,(H,19,23). The molecule has 3 rings (SSSR count). The smallest absolute Gasteiger partial charge is 0.239 e. The summed E-state index contributed by atoms with van der Waals surface area (Å²) in [6, 6.07) is 10.4. The second-order valence-electron chi connectivity index (χ2n) is 6.33. The lowest BCUT2D eigenvalue weighted by atomic mass is 10.2. The summed E-state index contributed by atoms with van der Waals surface area (Å²) >= 11 is 0. The molecule has 0 saturated heterocycles. The van der Waals surface area contributed by atoms with Gasteiger partial charge >= 0.3 is 0 Å². The maximum absolute atomic E-state index is 12.4. The molecule has 1 heterocycles. The minimum Gasteiger partial charge on any atom is -0.497 e. The van der Waals surface area contributed by atoms with E-state index < -0.39 is 0 Å². The summed E-state index contributed by atoms with van der Waals surface area (Å²) < 4.78 is 6.88.